The molecule has 1 amide bonds. The van der Waals surface area contributed by atoms with Gasteiger partial charge < -0.3 is 5.32 Å². The quantitative estimate of drug-likeness (QED) is 0.540. The molecule has 1 atom stereocenters. The maximum absolute atomic E-state index is 11.4. The van der Waals surface area contributed by atoms with Gasteiger partial charge >= 0.3 is 0 Å². The summed E-state index contributed by atoms with van der Waals surface area (Å²) in [4.78, 5) is 11.2. The average molecular weight is 246 g/mol. The van der Waals surface area contributed by atoms with Crippen LogP contribution >= 0.6 is 11.6 Å². The second kappa shape index (κ2) is 6.95. The summed E-state index contributed by atoms with van der Waals surface area (Å²) in [6.07, 6.45) is 2.82. The summed E-state index contributed by atoms with van der Waals surface area (Å²) in [7, 11) is 0. The molecule has 0 aromatic rings. The molecule has 2 nitrogen and oxygen atoms in total. The molecule has 0 aliphatic heterocycles. The van der Waals surface area contributed by atoms with Crippen LogP contribution in [0.2, 0.25) is 0 Å². The van der Waals surface area contributed by atoms with Gasteiger partial charge in [-0.15, -0.1) is 11.6 Å². The fourth-order valence-electron chi connectivity index (χ4n) is 1.89. The summed E-state index contributed by atoms with van der Waals surface area (Å²) in [5, 5.41) is 2.88. The van der Waals surface area contributed by atoms with E-state index in [0.717, 1.165) is 19.3 Å². The molecule has 16 heavy (non-hydrogen) atoms. The highest BCUT2D eigenvalue weighted by atomic mass is 35.5. The number of alkyl halides is 1. The van der Waals surface area contributed by atoms with Crippen molar-refractivity contribution in [3.63, 3.8) is 0 Å². The molecule has 0 aromatic carbocycles. The van der Waals surface area contributed by atoms with E-state index in [1.165, 1.54) is 0 Å². The first-order valence-corrected chi connectivity index (χ1v) is 6.41. The van der Waals surface area contributed by atoms with Gasteiger partial charge in [0.05, 0.1) is 0 Å². The maximum atomic E-state index is 11.4. The molecule has 0 saturated carbocycles. The van der Waals surface area contributed by atoms with Crippen LogP contribution in [0.4, 0.5) is 0 Å². The molecule has 3 heteroatoms. The van der Waals surface area contributed by atoms with Crippen molar-refractivity contribution in [2.24, 2.45) is 5.92 Å². The molecule has 0 spiro atoms. The summed E-state index contributed by atoms with van der Waals surface area (Å²) < 4.78 is 0. The zero-order valence-corrected chi connectivity index (χ0v) is 11.7. The number of hydrogen-bond acceptors (Lipinski definition) is 1. The second-order valence-corrected chi connectivity index (χ2v) is 5.09. The van der Waals surface area contributed by atoms with Crippen molar-refractivity contribution in [2.45, 2.75) is 51.8 Å². The number of carbonyl (C=O) groups is 1. The van der Waals surface area contributed by atoms with E-state index in [4.69, 9.17) is 11.6 Å². The minimum atomic E-state index is -0.197. The normalized spacial score (nSPS) is 13.3. The fraction of sp³-hybridized carbons (Fsp3) is 0.769. The molecular weight excluding hydrogens is 222 g/mol. The van der Waals surface area contributed by atoms with Gasteiger partial charge in [-0.1, -0.05) is 27.4 Å². The van der Waals surface area contributed by atoms with E-state index in [1.54, 1.807) is 6.92 Å². The number of nitrogens with one attached hydrogen (secondary N) is 1. The highest BCUT2D eigenvalue weighted by Crippen LogP contribution is 2.34. The fourth-order valence-corrected chi connectivity index (χ4v) is 2.12. The number of carbonyl (C=O) groups excluding carboxylic acids is 1. The molecule has 0 heterocycles. The topological polar surface area (TPSA) is 29.1 Å². The van der Waals surface area contributed by atoms with E-state index in [0.29, 0.717) is 18.0 Å². The van der Waals surface area contributed by atoms with E-state index in [2.05, 4.69) is 32.7 Å². The highest BCUT2D eigenvalue weighted by molar-refractivity contribution is 6.24. The van der Waals surface area contributed by atoms with Crippen molar-refractivity contribution in [2.75, 3.05) is 6.54 Å². The molecule has 0 aliphatic carbocycles. The Labute approximate surface area is 104 Å². The molecular formula is C13H24ClNO. The highest BCUT2D eigenvalue weighted by Gasteiger charge is 2.32. The number of rotatable bonds is 7. The van der Waals surface area contributed by atoms with Crippen LogP contribution in [0.5, 0.6) is 0 Å². The summed E-state index contributed by atoms with van der Waals surface area (Å²) >= 11 is 6.56. The Kier molecular flexibility index (Phi) is 6.73. The third-order valence-corrected chi connectivity index (χ3v) is 4.14. The molecule has 1 unspecified atom stereocenters. The van der Waals surface area contributed by atoms with E-state index in [-0.39, 0.29) is 10.8 Å². The van der Waals surface area contributed by atoms with Gasteiger partial charge in [-0.25, -0.2) is 0 Å². The second-order valence-electron chi connectivity index (χ2n) is 4.34. The summed E-state index contributed by atoms with van der Waals surface area (Å²) in [6.45, 7) is 12.3. The van der Waals surface area contributed by atoms with Crippen molar-refractivity contribution in [1.82, 2.24) is 5.32 Å². The van der Waals surface area contributed by atoms with Crippen molar-refractivity contribution in [3.05, 3.63) is 12.2 Å². The molecule has 0 fully saturated rings. The molecule has 0 aromatic heterocycles. The van der Waals surface area contributed by atoms with Crippen LogP contribution in [0, 0.1) is 5.92 Å². The van der Waals surface area contributed by atoms with Gasteiger partial charge in [-0.05, 0) is 32.1 Å². The van der Waals surface area contributed by atoms with Gasteiger partial charge in [0.1, 0.15) is 0 Å². The third-order valence-electron chi connectivity index (χ3n) is 3.30. The van der Waals surface area contributed by atoms with Crippen LogP contribution < -0.4 is 5.32 Å². The Morgan fingerprint density at radius 1 is 1.38 bits per heavy atom. The largest absolute Gasteiger partial charge is 0.352 e. The zero-order valence-electron chi connectivity index (χ0n) is 10.9. The molecule has 0 rings (SSSR count). The van der Waals surface area contributed by atoms with Crippen molar-refractivity contribution < 1.29 is 4.79 Å². The van der Waals surface area contributed by atoms with E-state index in [1.807, 2.05) is 0 Å². The molecule has 94 valence electrons. The Morgan fingerprint density at radius 2 is 1.88 bits per heavy atom. The standard InChI is InChI=1S/C13H24ClNO/c1-6-11(13(14,7-2)8-3)9-15-12(16)10(4)5/h11H,4,6-9H2,1-3,5H3,(H,15,16). The Bertz CT molecular complexity index is 246. The Morgan fingerprint density at radius 3 is 2.19 bits per heavy atom. The summed E-state index contributed by atoms with van der Waals surface area (Å²) in [5.74, 6) is 0.233. The van der Waals surface area contributed by atoms with Crippen LogP contribution in [0.3, 0.4) is 0 Å². The smallest absolute Gasteiger partial charge is 0.246 e. The lowest BCUT2D eigenvalue weighted by Gasteiger charge is -2.33. The Hall–Kier alpha value is -0.500. The molecule has 0 bridgehead atoms. The van der Waals surface area contributed by atoms with Gasteiger partial charge in [0.15, 0.2) is 0 Å². The van der Waals surface area contributed by atoms with E-state index < -0.39 is 0 Å². The predicted octanol–water partition coefficient (Wildman–Crippen LogP) is 3.50. The first-order chi connectivity index (χ1) is 7.41. The third kappa shape index (κ3) is 4.17. The molecule has 0 aliphatic rings. The van der Waals surface area contributed by atoms with E-state index >= 15 is 0 Å². The molecule has 0 radical (unpaired) electrons. The van der Waals surface area contributed by atoms with Crippen molar-refractivity contribution in [3.8, 4) is 0 Å². The van der Waals surface area contributed by atoms with Gasteiger partial charge in [0, 0.05) is 17.0 Å². The minimum absolute atomic E-state index is 0.0790. The van der Waals surface area contributed by atoms with Gasteiger partial charge in [-0.2, -0.15) is 0 Å². The first-order valence-electron chi connectivity index (χ1n) is 6.03. The molecule has 1 N–H and O–H groups in total. The van der Waals surface area contributed by atoms with E-state index in [9.17, 15) is 4.79 Å². The predicted molar refractivity (Wildman–Crippen MR) is 70.8 cm³/mol. The monoisotopic (exact) mass is 245 g/mol. The summed E-state index contributed by atoms with van der Waals surface area (Å²) in [6, 6.07) is 0. The van der Waals surface area contributed by atoms with Gasteiger partial charge in [0.2, 0.25) is 5.91 Å². The van der Waals surface area contributed by atoms with Crippen molar-refractivity contribution >= 4 is 17.5 Å². The van der Waals surface area contributed by atoms with Crippen LogP contribution in [0.25, 0.3) is 0 Å². The SMILES string of the molecule is C=C(C)C(=O)NCC(CC)C(Cl)(CC)CC. The zero-order chi connectivity index (χ0) is 12.8. The lowest BCUT2D eigenvalue weighted by Crippen LogP contribution is -2.40. The van der Waals surface area contributed by atoms with Crippen LogP contribution in [-0.4, -0.2) is 17.3 Å². The van der Waals surface area contributed by atoms with Crippen LogP contribution in [0.1, 0.15) is 47.0 Å². The average Bonchev–Trinajstić information content (AvgIpc) is 2.28. The maximum Gasteiger partial charge on any atom is 0.246 e. The summed E-state index contributed by atoms with van der Waals surface area (Å²) in [5.41, 5.74) is 0.544. The lowest BCUT2D eigenvalue weighted by atomic mass is 9.85. The number of hydrogen-bond donors (Lipinski definition) is 1. The molecule has 0 saturated heterocycles. The van der Waals surface area contributed by atoms with Crippen LogP contribution in [0.15, 0.2) is 12.2 Å². The first kappa shape index (κ1) is 15.5. The lowest BCUT2D eigenvalue weighted by molar-refractivity contribution is -0.117. The Balaban J connectivity index is 4.41. The number of amides is 1. The van der Waals surface area contributed by atoms with Crippen LogP contribution in [-0.2, 0) is 4.79 Å². The van der Waals surface area contributed by atoms with Gasteiger partial charge in [-0.3, -0.25) is 4.79 Å². The van der Waals surface area contributed by atoms with Crippen molar-refractivity contribution in [1.29, 1.82) is 0 Å². The number of halogens is 1. The van der Waals surface area contributed by atoms with Gasteiger partial charge in [0.25, 0.3) is 0 Å². The minimum Gasteiger partial charge on any atom is -0.352 e.